The van der Waals surface area contributed by atoms with Crippen LogP contribution in [0.4, 0.5) is 0 Å². The molecule has 1 N–H and O–H groups in total. The minimum atomic E-state index is 0.278. The molecular weight excluding hydrogens is 278 g/mol. The lowest BCUT2D eigenvalue weighted by atomic mass is 10.2. The Kier molecular flexibility index (Phi) is 3.92. The molecule has 0 aliphatic heterocycles. The lowest BCUT2D eigenvalue weighted by Crippen LogP contribution is -2.04. The zero-order valence-corrected chi connectivity index (χ0v) is 12.7. The molecule has 0 atom stereocenters. The molecule has 0 fully saturated rings. The van der Waals surface area contributed by atoms with Crippen LogP contribution in [0.3, 0.4) is 0 Å². The normalized spacial score (nSPS) is 10.8. The van der Waals surface area contributed by atoms with E-state index in [2.05, 4.69) is 17.6 Å². The summed E-state index contributed by atoms with van der Waals surface area (Å²) >= 11 is 0. The highest BCUT2D eigenvalue weighted by atomic mass is 16.5. The summed E-state index contributed by atoms with van der Waals surface area (Å²) in [6.07, 6.45) is 0. The van der Waals surface area contributed by atoms with Crippen molar-refractivity contribution in [3.8, 4) is 17.2 Å². The maximum absolute atomic E-state index is 9.67. The van der Waals surface area contributed by atoms with Gasteiger partial charge in [-0.05, 0) is 37.3 Å². The van der Waals surface area contributed by atoms with E-state index in [-0.39, 0.29) is 5.75 Å². The third-order valence-electron chi connectivity index (χ3n) is 3.72. The van der Waals surface area contributed by atoms with Crippen molar-refractivity contribution in [2.75, 3.05) is 7.11 Å². The van der Waals surface area contributed by atoms with E-state index in [1.165, 1.54) is 0 Å². The van der Waals surface area contributed by atoms with Gasteiger partial charge in [0.25, 0.3) is 0 Å². The Bertz CT molecular complexity index is 792. The Labute approximate surface area is 129 Å². The van der Waals surface area contributed by atoms with E-state index in [1.807, 2.05) is 30.3 Å². The van der Waals surface area contributed by atoms with E-state index in [9.17, 15) is 5.11 Å². The monoisotopic (exact) mass is 297 g/mol. The summed E-state index contributed by atoms with van der Waals surface area (Å²) in [6, 6.07) is 15.1. The van der Waals surface area contributed by atoms with Crippen LogP contribution in [-0.4, -0.2) is 16.8 Å². The molecule has 2 aromatic carbocycles. The van der Waals surface area contributed by atoms with Crippen molar-refractivity contribution in [3.05, 3.63) is 54.2 Å². The van der Waals surface area contributed by atoms with Gasteiger partial charge in [-0.25, -0.2) is 0 Å². The molecule has 3 aromatic rings. The number of nitrogens with zero attached hydrogens (tertiary/aromatic N) is 1. The van der Waals surface area contributed by atoms with Gasteiger partial charge < -0.3 is 19.1 Å². The van der Waals surface area contributed by atoms with Crippen LogP contribution in [0.2, 0.25) is 0 Å². The molecule has 0 bridgehead atoms. The molecule has 0 spiro atoms. The van der Waals surface area contributed by atoms with Crippen LogP contribution in [0.5, 0.6) is 17.2 Å². The fourth-order valence-electron chi connectivity index (χ4n) is 2.64. The molecule has 1 aromatic heterocycles. The van der Waals surface area contributed by atoms with E-state index >= 15 is 0 Å². The molecule has 4 heteroatoms. The van der Waals surface area contributed by atoms with Gasteiger partial charge in [0.05, 0.1) is 18.3 Å². The molecule has 0 amide bonds. The van der Waals surface area contributed by atoms with Crippen LogP contribution in [0, 0.1) is 0 Å². The van der Waals surface area contributed by atoms with Gasteiger partial charge in [-0.2, -0.15) is 0 Å². The van der Waals surface area contributed by atoms with Crippen molar-refractivity contribution in [3.63, 3.8) is 0 Å². The van der Waals surface area contributed by atoms with Gasteiger partial charge in [-0.3, -0.25) is 0 Å². The van der Waals surface area contributed by atoms with Gasteiger partial charge in [-0.15, -0.1) is 0 Å². The number of aromatic nitrogens is 1. The van der Waals surface area contributed by atoms with Gasteiger partial charge in [0, 0.05) is 24.1 Å². The molecule has 0 aliphatic rings. The second-order valence-electron chi connectivity index (χ2n) is 5.09. The Hall–Kier alpha value is -2.62. The first-order valence-corrected chi connectivity index (χ1v) is 7.29. The molecule has 1 heterocycles. The van der Waals surface area contributed by atoms with Gasteiger partial charge in [0.2, 0.25) is 0 Å². The Morgan fingerprint density at radius 1 is 1.05 bits per heavy atom. The highest BCUT2D eigenvalue weighted by molar-refractivity contribution is 5.82. The third kappa shape index (κ3) is 2.72. The molecule has 0 saturated heterocycles. The number of fused-ring (bicyclic) bond motifs is 1. The zero-order valence-electron chi connectivity index (χ0n) is 12.7. The first kappa shape index (κ1) is 14.3. The first-order chi connectivity index (χ1) is 10.7. The lowest BCUT2D eigenvalue weighted by Gasteiger charge is -2.10. The van der Waals surface area contributed by atoms with Gasteiger partial charge in [0.1, 0.15) is 23.9 Å². The summed E-state index contributed by atoms with van der Waals surface area (Å²) in [7, 11) is 1.64. The number of hydrogen-bond acceptors (Lipinski definition) is 3. The maximum atomic E-state index is 9.67. The van der Waals surface area contributed by atoms with Crippen LogP contribution in [0.25, 0.3) is 10.9 Å². The molecule has 22 heavy (non-hydrogen) atoms. The zero-order chi connectivity index (χ0) is 15.5. The number of aromatic hydroxyl groups is 1. The average Bonchev–Trinajstić information content (AvgIpc) is 2.89. The number of rotatable bonds is 5. The second kappa shape index (κ2) is 6.02. The SMILES string of the molecule is CCn1c(COc2cccc(OC)c2)cc2ccc(O)cc21. The molecule has 114 valence electrons. The van der Waals surface area contributed by atoms with Crippen LogP contribution in [-0.2, 0) is 13.2 Å². The lowest BCUT2D eigenvalue weighted by molar-refractivity contribution is 0.294. The highest BCUT2D eigenvalue weighted by Crippen LogP contribution is 2.26. The van der Waals surface area contributed by atoms with Gasteiger partial charge in [0.15, 0.2) is 0 Å². The van der Waals surface area contributed by atoms with Crippen LogP contribution in [0.15, 0.2) is 48.5 Å². The number of phenolic OH excluding ortho intramolecular Hbond substituents is 1. The van der Waals surface area contributed by atoms with Crippen molar-refractivity contribution >= 4 is 10.9 Å². The fourth-order valence-corrected chi connectivity index (χ4v) is 2.64. The predicted octanol–water partition coefficient (Wildman–Crippen LogP) is 3.95. The van der Waals surface area contributed by atoms with Crippen LogP contribution < -0.4 is 9.47 Å². The summed E-state index contributed by atoms with van der Waals surface area (Å²) in [5.74, 6) is 1.83. The molecule has 0 radical (unpaired) electrons. The van der Waals surface area contributed by atoms with E-state index in [4.69, 9.17) is 9.47 Å². The van der Waals surface area contributed by atoms with Crippen molar-refractivity contribution in [2.45, 2.75) is 20.1 Å². The molecule has 0 saturated carbocycles. The van der Waals surface area contributed by atoms with Gasteiger partial charge >= 0.3 is 0 Å². The number of hydrogen-bond donors (Lipinski definition) is 1. The second-order valence-corrected chi connectivity index (χ2v) is 5.09. The van der Waals surface area contributed by atoms with E-state index in [0.717, 1.165) is 34.6 Å². The van der Waals surface area contributed by atoms with Crippen molar-refractivity contribution < 1.29 is 14.6 Å². The number of phenols is 1. The van der Waals surface area contributed by atoms with Crippen molar-refractivity contribution in [1.82, 2.24) is 4.57 Å². The molecule has 0 aliphatic carbocycles. The molecule has 0 unspecified atom stereocenters. The first-order valence-electron chi connectivity index (χ1n) is 7.29. The smallest absolute Gasteiger partial charge is 0.128 e. The standard InChI is InChI=1S/C18H19NO3/c1-3-19-14(9-13-7-8-15(20)10-18(13)19)12-22-17-6-4-5-16(11-17)21-2/h4-11,20H,3,12H2,1-2H3. The number of aryl methyl sites for hydroxylation is 1. The quantitative estimate of drug-likeness (QED) is 0.775. The maximum Gasteiger partial charge on any atom is 0.128 e. The predicted molar refractivity (Wildman–Crippen MR) is 86.6 cm³/mol. The number of benzene rings is 2. The highest BCUT2D eigenvalue weighted by Gasteiger charge is 2.09. The van der Waals surface area contributed by atoms with Crippen molar-refractivity contribution in [1.29, 1.82) is 0 Å². The Balaban J connectivity index is 1.87. The van der Waals surface area contributed by atoms with E-state index < -0.39 is 0 Å². The Morgan fingerprint density at radius 3 is 2.64 bits per heavy atom. The third-order valence-corrected chi connectivity index (χ3v) is 3.72. The van der Waals surface area contributed by atoms with Crippen molar-refractivity contribution in [2.24, 2.45) is 0 Å². The summed E-state index contributed by atoms with van der Waals surface area (Å²) in [5, 5.41) is 10.8. The molecule has 3 rings (SSSR count). The molecule has 4 nitrogen and oxygen atoms in total. The van der Waals surface area contributed by atoms with Crippen LogP contribution >= 0.6 is 0 Å². The van der Waals surface area contributed by atoms with E-state index in [0.29, 0.717) is 6.61 Å². The van der Waals surface area contributed by atoms with E-state index in [1.54, 1.807) is 19.2 Å². The molecular formula is C18H19NO3. The summed E-state index contributed by atoms with van der Waals surface area (Å²) in [5.41, 5.74) is 2.10. The van der Waals surface area contributed by atoms with Gasteiger partial charge in [-0.1, -0.05) is 6.07 Å². The number of ether oxygens (including phenoxy) is 2. The average molecular weight is 297 g/mol. The fraction of sp³-hybridized carbons (Fsp3) is 0.222. The Morgan fingerprint density at radius 2 is 1.86 bits per heavy atom. The number of methoxy groups -OCH3 is 1. The summed E-state index contributed by atoms with van der Waals surface area (Å²) in [6.45, 7) is 3.37. The topological polar surface area (TPSA) is 43.6 Å². The minimum absolute atomic E-state index is 0.278. The summed E-state index contributed by atoms with van der Waals surface area (Å²) < 4.78 is 13.2. The minimum Gasteiger partial charge on any atom is -0.508 e. The largest absolute Gasteiger partial charge is 0.508 e. The summed E-state index contributed by atoms with van der Waals surface area (Å²) in [4.78, 5) is 0. The van der Waals surface area contributed by atoms with Crippen LogP contribution in [0.1, 0.15) is 12.6 Å².